The molecule has 7 nitrogen and oxygen atoms in total. The number of aliphatic hydroxyl groups excluding tert-OH is 1. The first-order valence-corrected chi connectivity index (χ1v) is 10.6. The molecule has 1 heterocycles. The highest BCUT2D eigenvalue weighted by atomic mass is 16.5. The van der Waals surface area contributed by atoms with Crippen molar-refractivity contribution < 1.29 is 28.9 Å². The molecule has 1 atom stereocenters. The van der Waals surface area contributed by atoms with Crippen molar-refractivity contribution >= 4 is 17.4 Å². The van der Waals surface area contributed by atoms with Crippen LogP contribution >= 0.6 is 0 Å². The largest absolute Gasteiger partial charge is 0.507 e. The van der Waals surface area contributed by atoms with E-state index < -0.39 is 17.7 Å². The number of likely N-dealkylation sites (tertiary alicyclic amines) is 1. The fraction of sp³-hybridized carbons (Fsp3) is 0.360. The van der Waals surface area contributed by atoms with Crippen molar-refractivity contribution in [2.75, 3.05) is 26.9 Å². The molecular weight excluding hydrogens is 410 g/mol. The Labute approximate surface area is 188 Å². The zero-order valence-electron chi connectivity index (χ0n) is 18.8. The van der Waals surface area contributed by atoms with E-state index in [9.17, 15) is 14.7 Å². The molecule has 0 spiro atoms. The van der Waals surface area contributed by atoms with Crippen molar-refractivity contribution in [2.24, 2.45) is 0 Å². The Kier molecular flexibility index (Phi) is 7.53. The summed E-state index contributed by atoms with van der Waals surface area (Å²) in [4.78, 5) is 27.5. The number of methoxy groups -OCH3 is 1. The number of rotatable bonds is 9. The predicted octanol–water partition coefficient (Wildman–Crippen LogP) is 3.94. The van der Waals surface area contributed by atoms with Gasteiger partial charge < -0.3 is 24.2 Å². The molecular formula is C25H29NO6. The summed E-state index contributed by atoms with van der Waals surface area (Å²) in [5, 5.41) is 11.2. The molecule has 0 saturated carbocycles. The summed E-state index contributed by atoms with van der Waals surface area (Å²) in [7, 11) is 1.48. The molecule has 0 radical (unpaired) electrons. The van der Waals surface area contributed by atoms with Crippen LogP contribution < -0.4 is 9.47 Å². The van der Waals surface area contributed by atoms with Crippen LogP contribution in [0.4, 0.5) is 0 Å². The third kappa shape index (κ3) is 4.78. The monoisotopic (exact) mass is 439 g/mol. The van der Waals surface area contributed by atoms with Crippen LogP contribution in [0.3, 0.4) is 0 Å². The van der Waals surface area contributed by atoms with Gasteiger partial charge in [-0.25, -0.2) is 0 Å². The molecule has 0 bridgehead atoms. The number of ether oxygens (including phenoxy) is 3. The third-order valence-electron chi connectivity index (χ3n) is 5.19. The fourth-order valence-corrected chi connectivity index (χ4v) is 3.74. The molecule has 1 aliphatic rings. The number of hydrogen-bond donors (Lipinski definition) is 1. The zero-order chi connectivity index (χ0) is 23.3. The van der Waals surface area contributed by atoms with Crippen LogP contribution in [0.2, 0.25) is 0 Å². The number of benzene rings is 2. The Morgan fingerprint density at radius 3 is 2.41 bits per heavy atom. The van der Waals surface area contributed by atoms with Gasteiger partial charge >= 0.3 is 0 Å². The van der Waals surface area contributed by atoms with Crippen LogP contribution in [-0.4, -0.2) is 54.7 Å². The number of amides is 1. The van der Waals surface area contributed by atoms with E-state index in [2.05, 4.69) is 0 Å². The third-order valence-corrected chi connectivity index (χ3v) is 5.19. The summed E-state index contributed by atoms with van der Waals surface area (Å²) < 4.78 is 16.5. The summed E-state index contributed by atoms with van der Waals surface area (Å²) >= 11 is 0. The van der Waals surface area contributed by atoms with Crippen LogP contribution in [0, 0.1) is 0 Å². The van der Waals surface area contributed by atoms with Crippen LogP contribution in [0.1, 0.15) is 37.9 Å². The van der Waals surface area contributed by atoms with Crippen molar-refractivity contribution in [3.05, 3.63) is 65.2 Å². The predicted molar refractivity (Wildman–Crippen MR) is 121 cm³/mol. The van der Waals surface area contributed by atoms with Gasteiger partial charge in [0.1, 0.15) is 17.3 Å². The number of Topliss-reactive ketones (excluding diaryl/α,β-unsaturated/α-hetero) is 1. The molecule has 1 aliphatic heterocycles. The van der Waals surface area contributed by atoms with Crippen LogP contribution in [0.5, 0.6) is 11.5 Å². The highest BCUT2D eigenvalue weighted by Gasteiger charge is 2.46. The Morgan fingerprint density at radius 1 is 1.09 bits per heavy atom. The highest BCUT2D eigenvalue weighted by molar-refractivity contribution is 6.46. The Hall–Kier alpha value is -3.32. The molecule has 3 rings (SSSR count). The van der Waals surface area contributed by atoms with E-state index in [1.54, 1.807) is 48.5 Å². The second-order valence-electron chi connectivity index (χ2n) is 7.61. The van der Waals surface area contributed by atoms with E-state index in [1.807, 2.05) is 20.8 Å². The normalized spacial score (nSPS) is 17.8. The van der Waals surface area contributed by atoms with E-state index in [0.717, 1.165) is 0 Å². The maximum Gasteiger partial charge on any atom is 0.295 e. The average Bonchev–Trinajstić information content (AvgIpc) is 3.04. The van der Waals surface area contributed by atoms with Gasteiger partial charge in [0.05, 0.1) is 43.6 Å². The number of ketones is 1. The second kappa shape index (κ2) is 10.3. The topological polar surface area (TPSA) is 85.3 Å². The van der Waals surface area contributed by atoms with Crippen molar-refractivity contribution in [2.45, 2.75) is 32.9 Å². The summed E-state index contributed by atoms with van der Waals surface area (Å²) in [6, 6.07) is 13.2. The van der Waals surface area contributed by atoms with E-state index in [4.69, 9.17) is 14.2 Å². The van der Waals surface area contributed by atoms with Crippen LogP contribution in [0.15, 0.2) is 54.1 Å². The zero-order valence-corrected chi connectivity index (χ0v) is 18.8. The van der Waals surface area contributed by atoms with E-state index in [0.29, 0.717) is 29.2 Å². The minimum absolute atomic E-state index is 0.00988. The Bertz CT molecular complexity index is 996. The maximum atomic E-state index is 13.1. The summed E-state index contributed by atoms with van der Waals surface area (Å²) in [5.41, 5.74) is 1.06. The van der Waals surface area contributed by atoms with Crippen molar-refractivity contribution in [1.29, 1.82) is 0 Å². The molecule has 7 heteroatoms. The molecule has 1 unspecified atom stereocenters. The van der Waals surface area contributed by atoms with E-state index >= 15 is 0 Å². The van der Waals surface area contributed by atoms with Crippen molar-refractivity contribution in [1.82, 2.24) is 4.90 Å². The smallest absolute Gasteiger partial charge is 0.295 e. The number of carbonyl (C=O) groups excluding carboxylic acids is 2. The van der Waals surface area contributed by atoms with Gasteiger partial charge in [-0.2, -0.15) is 0 Å². The lowest BCUT2D eigenvalue weighted by Gasteiger charge is -2.26. The number of para-hydroxylation sites is 1. The van der Waals surface area contributed by atoms with Gasteiger partial charge in [-0.15, -0.1) is 0 Å². The molecule has 1 N–H and O–H groups in total. The molecule has 1 fully saturated rings. The quantitative estimate of drug-likeness (QED) is 0.362. The molecule has 1 amide bonds. The number of nitrogens with zero attached hydrogens (tertiary/aromatic N) is 1. The molecule has 0 aliphatic carbocycles. The first-order chi connectivity index (χ1) is 15.4. The van der Waals surface area contributed by atoms with Crippen molar-refractivity contribution in [3.8, 4) is 11.5 Å². The first-order valence-electron chi connectivity index (χ1n) is 10.6. The molecule has 2 aromatic rings. The summed E-state index contributed by atoms with van der Waals surface area (Å²) in [6.45, 7) is 6.71. The first kappa shape index (κ1) is 23.3. The lowest BCUT2D eigenvalue weighted by Crippen LogP contribution is -2.33. The van der Waals surface area contributed by atoms with E-state index in [-0.39, 0.29) is 30.6 Å². The SMILES string of the molecule is CCOc1ccc(C2/C(=C(/O)c3ccccc3OC)C(=O)C(=O)N2CCOC(C)C)cc1. The lowest BCUT2D eigenvalue weighted by atomic mass is 9.95. The molecule has 0 aromatic heterocycles. The molecule has 2 aromatic carbocycles. The van der Waals surface area contributed by atoms with Gasteiger partial charge in [0.2, 0.25) is 0 Å². The minimum Gasteiger partial charge on any atom is -0.507 e. The van der Waals surface area contributed by atoms with E-state index in [1.165, 1.54) is 12.0 Å². The molecule has 1 saturated heterocycles. The number of carbonyl (C=O) groups is 2. The minimum atomic E-state index is -0.758. The van der Waals surface area contributed by atoms with Gasteiger partial charge in [0.15, 0.2) is 0 Å². The molecule has 170 valence electrons. The van der Waals surface area contributed by atoms with Gasteiger partial charge in [0, 0.05) is 6.54 Å². The van der Waals surface area contributed by atoms with Gasteiger partial charge in [-0.1, -0.05) is 24.3 Å². The fourth-order valence-electron chi connectivity index (χ4n) is 3.74. The van der Waals surface area contributed by atoms with Crippen LogP contribution in [-0.2, 0) is 14.3 Å². The second-order valence-corrected chi connectivity index (χ2v) is 7.61. The lowest BCUT2D eigenvalue weighted by molar-refractivity contribution is -0.140. The Morgan fingerprint density at radius 2 is 1.78 bits per heavy atom. The standard InChI is InChI=1S/C25H29NO6/c1-5-31-18-12-10-17(11-13-18)22-21(23(27)19-8-6-7-9-20(19)30-4)24(28)25(29)26(22)14-15-32-16(2)3/h6-13,16,22,27H,5,14-15H2,1-4H3/b23-21-. The number of hydrogen-bond acceptors (Lipinski definition) is 6. The average molecular weight is 440 g/mol. The van der Waals surface area contributed by atoms with Gasteiger partial charge in [-0.3, -0.25) is 9.59 Å². The van der Waals surface area contributed by atoms with Crippen LogP contribution in [0.25, 0.3) is 5.76 Å². The maximum absolute atomic E-state index is 13.1. The van der Waals surface area contributed by atoms with Gasteiger partial charge in [0.25, 0.3) is 11.7 Å². The van der Waals surface area contributed by atoms with Crippen molar-refractivity contribution in [3.63, 3.8) is 0 Å². The van der Waals surface area contributed by atoms with Gasteiger partial charge in [-0.05, 0) is 50.6 Å². The Balaban J connectivity index is 2.10. The highest BCUT2D eigenvalue weighted by Crippen LogP contribution is 2.41. The summed E-state index contributed by atoms with van der Waals surface area (Å²) in [5.74, 6) is -0.595. The summed E-state index contributed by atoms with van der Waals surface area (Å²) in [6.07, 6.45) is -0.00988. The number of aliphatic hydroxyl groups is 1. The molecule has 32 heavy (non-hydrogen) atoms.